The molecule has 1 aliphatic carbocycles. The molecular weight excluding hydrogens is 190 g/mol. The summed E-state index contributed by atoms with van der Waals surface area (Å²) in [6, 6.07) is 0.893. The molecule has 1 fully saturated rings. The second-order valence-corrected chi connectivity index (χ2v) is 4.95. The number of methoxy groups -OCH3 is 1. The Morgan fingerprint density at radius 3 is 2.67 bits per heavy atom. The average molecular weight is 215 g/mol. The highest BCUT2D eigenvalue weighted by Crippen LogP contribution is 2.26. The summed E-state index contributed by atoms with van der Waals surface area (Å²) < 4.78 is 5.22. The van der Waals surface area contributed by atoms with E-state index < -0.39 is 0 Å². The van der Waals surface area contributed by atoms with Gasteiger partial charge in [-0.15, -0.1) is 0 Å². The number of aliphatic hydroxyl groups excluding tert-OH is 1. The first kappa shape index (κ1) is 12.9. The molecule has 3 atom stereocenters. The zero-order chi connectivity index (χ0) is 11.3. The Morgan fingerprint density at radius 2 is 2.13 bits per heavy atom. The fourth-order valence-corrected chi connectivity index (χ4v) is 2.36. The van der Waals surface area contributed by atoms with E-state index in [1.54, 1.807) is 7.11 Å². The van der Waals surface area contributed by atoms with Gasteiger partial charge in [0.1, 0.15) is 0 Å². The van der Waals surface area contributed by atoms with E-state index in [-0.39, 0.29) is 0 Å². The molecule has 0 aromatic heterocycles. The third-order valence-corrected chi connectivity index (χ3v) is 3.47. The highest BCUT2D eigenvalue weighted by atomic mass is 16.5. The summed E-state index contributed by atoms with van der Waals surface area (Å²) in [7, 11) is 1.75. The van der Waals surface area contributed by atoms with E-state index in [0.29, 0.717) is 30.5 Å². The van der Waals surface area contributed by atoms with Gasteiger partial charge < -0.3 is 15.2 Å². The van der Waals surface area contributed by atoms with Crippen LogP contribution in [0.2, 0.25) is 0 Å². The van der Waals surface area contributed by atoms with E-state index in [0.717, 1.165) is 13.0 Å². The lowest BCUT2D eigenvalue weighted by Crippen LogP contribution is -2.46. The number of nitrogens with one attached hydrogen (secondary N) is 1. The largest absolute Gasteiger partial charge is 0.396 e. The van der Waals surface area contributed by atoms with Crippen LogP contribution in [-0.2, 0) is 4.74 Å². The first-order chi connectivity index (χ1) is 7.19. The topological polar surface area (TPSA) is 41.5 Å². The van der Waals surface area contributed by atoms with Crippen molar-refractivity contribution in [2.45, 2.75) is 45.2 Å². The van der Waals surface area contributed by atoms with Crippen molar-refractivity contribution in [1.82, 2.24) is 5.32 Å². The fraction of sp³-hybridized carbons (Fsp3) is 1.00. The van der Waals surface area contributed by atoms with E-state index in [1.807, 2.05) is 0 Å². The van der Waals surface area contributed by atoms with E-state index in [2.05, 4.69) is 19.2 Å². The van der Waals surface area contributed by atoms with Crippen molar-refractivity contribution in [2.75, 3.05) is 20.3 Å². The molecule has 1 saturated carbocycles. The lowest BCUT2D eigenvalue weighted by molar-refractivity contribution is 0.127. The number of hydrogen-bond donors (Lipinski definition) is 2. The van der Waals surface area contributed by atoms with Gasteiger partial charge in [-0.1, -0.05) is 20.3 Å². The molecule has 90 valence electrons. The number of hydrogen-bond acceptors (Lipinski definition) is 3. The highest BCUT2D eigenvalue weighted by Gasteiger charge is 2.29. The fourth-order valence-electron chi connectivity index (χ4n) is 2.36. The molecule has 3 heteroatoms. The highest BCUT2D eigenvalue weighted by molar-refractivity contribution is 4.86. The van der Waals surface area contributed by atoms with Crippen LogP contribution in [0.1, 0.15) is 33.1 Å². The number of ether oxygens (including phenoxy) is 1. The molecule has 0 spiro atoms. The van der Waals surface area contributed by atoms with Gasteiger partial charge in [0, 0.05) is 25.8 Å². The van der Waals surface area contributed by atoms with Crippen LogP contribution in [0.15, 0.2) is 0 Å². The third-order valence-electron chi connectivity index (χ3n) is 3.47. The van der Waals surface area contributed by atoms with Gasteiger partial charge in [0.15, 0.2) is 0 Å². The van der Waals surface area contributed by atoms with Gasteiger partial charge >= 0.3 is 0 Å². The van der Waals surface area contributed by atoms with Crippen LogP contribution >= 0.6 is 0 Å². The summed E-state index contributed by atoms with van der Waals surface area (Å²) in [5.41, 5.74) is 0. The maximum absolute atomic E-state index is 9.25. The minimum atomic E-state index is 0.315. The quantitative estimate of drug-likeness (QED) is 0.704. The molecule has 0 aliphatic heterocycles. The van der Waals surface area contributed by atoms with Gasteiger partial charge in [0.2, 0.25) is 0 Å². The monoisotopic (exact) mass is 215 g/mol. The van der Waals surface area contributed by atoms with Crippen molar-refractivity contribution in [3.05, 3.63) is 0 Å². The Bertz CT molecular complexity index is 173. The zero-order valence-corrected chi connectivity index (χ0v) is 10.2. The Balaban J connectivity index is 2.42. The van der Waals surface area contributed by atoms with Gasteiger partial charge in [-0.05, 0) is 24.7 Å². The van der Waals surface area contributed by atoms with Crippen LogP contribution < -0.4 is 5.32 Å². The van der Waals surface area contributed by atoms with Crippen molar-refractivity contribution >= 4 is 0 Å². The van der Waals surface area contributed by atoms with Crippen LogP contribution in [0.25, 0.3) is 0 Å². The number of aliphatic hydroxyl groups is 1. The average Bonchev–Trinajstić information content (AvgIpc) is 2.64. The Kier molecular flexibility index (Phi) is 5.58. The molecule has 0 heterocycles. The minimum absolute atomic E-state index is 0.315. The Morgan fingerprint density at radius 1 is 1.40 bits per heavy atom. The van der Waals surface area contributed by atoms with Gasteiger partial charge in [-0.2, -0.15) is 0 Å². The normalized spacial score (nSPS) is 28.6. The van der Waals surface area contributed by atoms with Crippen LogP contribution in [0.5, 0.6) is 0 Å². The zero-order valence-electron chi connectivity index (χ0n) is 10.2. The predicted octanol–water partition coefficient (Wildman–Crippen LogP) is 1.41. The Labute approximate surface area is 93.2 Å². The molecule has 2 N–H and O–H groups in total. The van der Waals surface area contributed by atoms with Crippen LogP contribution in [0.4, 0.5) is 0 Å². The summed E-state index contributed by atoms with van der Waals surface area (Å²) in [4.78, 5) is 0. The van der Waals surface area contributed by atoms with Crippen molar-refractivity contribution < 1.29 is 9.84 Å². The maximum Gasteiger partial charge on any atom is 0.0618 e. The smallest absolute Gasteiger partial charge is 0.0618 e. The maximum atomic E-state index is 9.25. The molecule has 3 nitrogen and oxygen atoms in total. The third kappa shape index (κ3) is 3.74. The van der Waals surface area contributed by atoms with Gasteiger partial charge in [-0.25, -0.2) is 0 Å². The summed E-state index contributed by atoms with van der Waals surface area (Å²) >= 11 is 0. The molecular formula is C12H25NO2. The summed E-state index contributed by atoms with van der Waals surface area (Å²) in [5, 5.41) is 12.9. The van der Waals surface area contributed by atoms with E-state index in [9.17, 15) is 5.11 Å². The van der Waals surface area contributed by atoms with Crippen molar-refractivity contribution in [3.63, 3.8) is 0 Å². The lowest BCUT2D eigenvalue weighted by atomic mass is 10.00. The molecule has 15 heavy (non-hydrogen) atoms. The molecule has 0 radical (unpaired) electrons. The minimum Gasteiger partial charge on any atom is -0.396 e. The number of rotatable bonds is 6. The van der Waals surface area contributed by atoms with Crippen LogP contribution in [0, 0.1) is 11.8 Å². The molecule has 0 bridgehead atoms. The van der Waals surface area contributed by atoms with E-state index >= 15 is 0 Å². The van der Waals surface area contributed by atoms with Gasteiger partial charge in [-0.3, -0.25) is 0 Å². The van der Waals surface area contributed by atoms with Crippen molar-refractivity contribution in [2.24, 2.45) is 11.8 Å². The molecule has 1 aliphatic rings. The van der Waals surface area contributed by atoms with Crippen molar-refractivity contribution in [3.8, 4) is 0 Å². The first-order valence-corrected chi connectivity index (χ1v) is 6.04. The summed E-state index contributed by atoms with van der Waals surface area (Å²) in [6.07, 6.45) is 3.59. The molecule has 0 aromatic rings. The van der Waals surface area contributed by atoms with E-state index in [4.69, 9.17) is 4.74 Å². The SMILES string of the molecule is COCC(NC1CCCC1CO)C(C)C. The van der Waals surface area contributed by atoms with Crippen LogP contribution in [-0.4, -0.2) is 37.5 Å². The molecule has 0 saturated heterocycles. The predicted molar refractivity (Wildman–Crippen MR) is 61.9 cm³/mol. The van der Waals surface area contributed by atoms with E-state index in [1.165, 1.54) is 12.8 Å². The standard InChI is InChI=1S/C12H25NO2/c1-9(2)12(8-15-3)13-11-6-4-5-10(11)7-14/h9-14H,4-8H2,1-3H3. The van der Waals surface area contributed by atoms with Crippen LogP contribution in [0.3, 0.4) is 0 Å². The van der Waals surface area contributed by atoms with Gasteiger partial charge in [0.25, 0.3) is 0 Å². The van der Waals surface area contributed by atoms with Gasteiger partial charge in [0.05, 0.1) is 6.61 Å². The molecule has 1 rings (SSSR count). The molecule has 3 unspecified atom stereocenters. The Hall–Kier alpha value is -0.120. The lowest BCUT2D eigenvalue weighted by Gasteiger charge is -2.28. The molecule has 0 amide bonds. The first-order valence-electron chi connectivity index (χ1n) is 6.04. The molecule has 0 aromatic carbocycles. The second-order valence-electron chi connectivity index (χ2n) is 4.95. The summed E-state index contributed by atoms with van der Waals surface area (Å²) in [5.74, 6) is 1.02. The van der Waals surface area contributed by atoms with Crippen molar-refractivity contribution in [1.29, 1.82) is 0 Å². The summed E-state index contributed by atoms with van der Waals surface area (Å²) in [6.45, 7) is 5.49. The second kappa shape index (κ2) is 6.46.